The first-order chi connectivity index (χ1) is 9.65. The van der Waals surface area contributed by atoms with Crippen molar-refractivity contribution in [2.45, 2.75) is 13.0 Å². The lowest BCUT2D eigenvalue weighted by Crippen LogP contribution is -2.24. The Balaban J connectivity index is 1.74. The second kappa shape index (κ2) is 7.81. The highest BCUT2D eigenvalue weighted by Gasteiger charge is 2.04. The van der Waals surface area contributed by atoms with E-state index in [-0.39, 0.29) is 0 Å². The summed E-state index contributed by atoms with van der Waals surface area (Å²) in [5.41, 5.74) is 1.27. The molecule has 1 atom stereocenters. The van der Waals surface area contributed by atoms with E-state index >= 15 is 0 Å². The summed E-state index contributed by atoms with van der Waals surface area (Å²) in [6.45, 7) is 3.61. The van der Waals surface area contributed by atoms with Crippen LogP contribution in [0.1, 0.15) is 18.5 Å². The van der Waals surface area contributed by atoms with Gasteiger partial charge < -0.3 is 10.1 Å². The predicted octanol–water partition coefficient (Wildman–Crippen LogP) is 4.94. The van der Waals surface area contributed by atoms with E-state index < -0.39 is 0 Å². The molecule has 0 aliphatic carbocycles. The molecule has 0 spiro atoms. The number of rotatable bonds is 6. The van der Waals surface area contributed by atoms with Crippen LogP contribution in [0.15, 0.2) is 57.5 Å². The van der Waals surface area contributed by atoms with Crippen molar-refractivity contribution in [3.05, 3.63) is 63.0 Å². The van der Waals surface area contributed by atoms with Crippen LogP contribution in [-0.4, -0.2) is 13.2 Å². The Morgan fingerprint density at radius 1 is 1.05 bits per heavy atom. The van der Waals surface area contributed by atoms with Gasteiger partial charge in [0.15, 0.2) is 0 Å². The monoisotopic (exact) mass is 397 g/mol. The molecule has 20 heavy (non-hydrogen) atoms. The van der Waals surface area contributed by atoms with Gasteiger partial charge in [0, 0.05) is 21.5 Å². The summed E-state index contributed by atoms with van der Waals surface area (Å²) in [6.07, 6.45) is 0. The summed E-state index contributed by atoms with van der Waals surface area (Å²) in [5.74, 6) is 0.887. The van der Waals surface area contributed by atoms with Crippen molar-refractivity contribution in [1.29, 1.82) is 0 Å². The van der Waals surface area contributed by atoms with Crippen LogP contribution in [-0.2, 0) is 0 Å². The van der Waals surface area contributed by atoms with Gasteiger partial charge in [-0.05, 0) is 42.8 Å². The number of ether oxygens (including phenoxy) is 1. The Morgan fingerprint density at radius 2 is 1.80 bits per heavy atom. The zero-order chi connectivity index (χ0) is 14.4. The van der Waals surface area contributed by atoms with Gasteiger partial charge in [-0.15, -0.1) is 0 Å². The van der Waals surface area contributed by atoms with Crippen molar-refractivity contribution in [3.8, 4) is 5.75 Å². The molecule has 0 saturated heterocycles. The Morgan fingerprint density at radius 3 is 2.50 bits per heavy atom. The molecule has 0 saturated carbocycles. The van der Waals surface area contributed by atoms with Crippen molar-refractivity contribution in [2.24, 2.45) is 0 Å². The highest BCUT2D eigenvalue weighted by molar-refractivity contribution is 9.10. The molecule has 106 valence electrons. The molecule has 0 bridgehead atoms. The summed E-state index contributed by atoms with van der Waals surface area (Å²) in [7, 11) is 0. The zero-order valence-electron chi connectivity index (χ0n) is 11.3. The second-order valence-corrected chi connectivity index (χ2v) is 6.36. The minimum Gasteiger partial charge on any atom is -0.492 e. The smallest absolute Gasteiger partial charge is 0.120 e. The van der Waals surface area contributed by atoms with Crippen LogP contribution in [0.4, 0.5) is 0 Å². The highest BCUT2D eigenvalue weighted by Crippen LogP contribution is 2.18. The van der Waals surface area contributed by atoms with Crippen molar-refractivity contribution in [3.63, 3.8) is 0 Å². The van der Waals surface area contributed by atoms with Gasteiger partial charge >= 0.3 is 0 Å². The Labute approximate surface area is 136 Å². The number of benzene rings is 2. The Bertz CT molecular complexity index is 542. The number of hydrogen-bond donors (Lipinski definition) is 1. The summed E-state index contributed by atoms with van der Waals surface area (Å²) >= 11 is 6.88. The van der Waals surface area contributed by atoms with E-state index in [0.717, 1.165) is 21.2 Å². The van der Waals surface area contributed by atoms with E-state index in [1.807, 2.05) is 24.3 Å². The Hall–Kier alpha value is -0.840. The van der Waals surface area contributed by atoms with Gasteiger partial charge in [-0.3, -0.25) is 0 Å². The minimum atomic E-state index is 0.314. The van der Waals surface area contributed by atoms with E-state index in [1.54, 1.807) is 0 Å². The lowest BCUT2D eigenvalue weighted by molar-refractivity contribution is 0.307. The summed E-state index contributed by atoms with van der Waals surface area (Å²) in [5, 5.41) is 3.45. The predicted molar refractivity (Wildman–Crippen MR) is 90.2 cm³/mol. The van der Waals surface area contributed by atoms with Crippen LogP contribution >= 0.6 is 31.9 Å². The largest absolute Gasteiger partial charge is 0.492 e. The van der Waals surface area contributed by atoms with Gasteiger partial charge in [-0.1, -0.05) is 50.1 Å². The molecule has 0 aliphatic heterocycles. The van der Waals surface area contributed by atoms with Crippen LogP contribution in [0.3, 0.4) is 0 Å². The standard InChI is InChI=1S/C16H17Br2NO/c1-12(13-5-7-14(17)8-6-13)19-9-10-20-16-4-2-3-15(18)11-16/h2-8,11-12,19H,9-10H2,1H3/t12-/m1/s1. The van der Waals surface area contributed by atoms with Gasteiger partial charge in [0.25, 0.3) is 0 Å². The second-order valence-electron chi connectivity index (χ2n) is 4.53. The number of hydrogen-bond acceptors (Lipinski definition) is 2. The SMILES string of the molecule is C[C@@H](NCCOc1cccc(Br)c1)c1ccc(Br)cc1. The van der Waals surface area contributed by atoms with Crippen molar-refractivity contribution in [2.75, 3.05) is 13.2 Å². The van der Waals surface area contributed by atoms with Gasteiger partial charge in [-0.2, -0.15) is 0 Å². The van der Waals surface area contributed by atoms with Crippen LogP contribution in [0.5, 0.6) is 5.75 Å². The van der Waals surface area contributed by atoms with Crippen molar-refractivity contribution < 1.29 is 4.74 Å². The third-order valence-electron chi connectivity index (χ3n) is 2.99. The molecule has 0 amide bonds. The lowest BCUT2D eigenvalue weighted by Gasteiger charge is -2.15. The molecule has 2 aromatic carbocycles. The molecular formula is C16H17Br2NO. The van der Waals surface area contributed by atoms with E-state index in [4.69, 9.17) is 4.74 Å². The quantitative estimate of drug-likeness (QED) is 0.695. The molecule has 0 radical (unpaired) electrons. The first-order valence-electron chi connectivity index (χ1n) is 6.52. The van der Waals surface area contributed by atoms with Crippen LogP contribution < -0.4 is 10.1 Å². The van der Waals surface area contributed by atoms with Crippen molar-refractivity contribution in [1.82, 2.24) is 5.32 Å². The molecule has 2 aromatic rings. The molecule has 0 fully saturated rings. The molecular weight excluding hydrogens is 382 g/mol. The van der Waals surface area contributed by atoms with Crippen LogP contribution in [0, 0.1) is 0 Å². The maximum atomic E-state index is 5.69. The molecule has 4 heteroatoms. The van der Waals surface area contributed by atoms with Crippen LogP contribution in [0.25, 0.3) is 0 Å². The number of nitrogens with one attached hydrogen (secondary N) is 1. The van der Waals surface area contributed by atoms with E-state index in [0.29, 0.717) is 12.6 Å². The number of halogens is 2. The summed E-state index contributed by atoms with van der Waals surface area (Å²) in [4.78, 5) is 0. The molecule has 0 heterocycles. The fourth-order valence-electron chi connectivity index (χ4n) is 1.87. The molecule has 2 rings (SSSR count). The van der Waals surface area contributed by atoms with E-state index in [2.05, 4.69) is 68.4 Å². The average molecular weight is 399 g/mol. The fourth-order valence-corrected chi connectivity index (χ4v) is 2.51. The first-order valence-corrected chi connectivity index (χ1v) is 8.11. The maximum Gasteiger partial charge on any atom is 0.120 e. The Kier molecular flexibility index (Phi) is 6.07. The third-order valence-corrected chi connectivity index (χ3v) is 4.01. The topological polar surface area (TPSA) is 21.3 Å². The molecule has 0 aliphatic rings. The third kappa shape index (κ3) is 4.93. The molecule has 0 unspecified atom stereocenters. The van der Waals surface area contributed by atoms with Crippen molar-refractivity contribution >= 4 is 31.9 Å². The molecule has 1 N–H and O–H groups in total. The first kappa shape index (κ1) is 15.5. The van der Waals surface area contributed by atoms with Gasteiger partial charge in [0.05, 0.1) is 0 Å². The summed E-state index contributed by atoms with van der Waals surface area (Å²) < 4.78 is 7.83. The normalized spacial score (nSPS) is 12.2. The van der Waals surface area contributed by atoms with E-state index in [9.17, 15) is 0 Å². The lowest BCUT2D eigenvalue weighted by atomic mass is 10.1. The van der Waals surface area contributed by atoms with Gasteiger partial charge in [-0.25, -0.2) is 0 Å². The summed E-state index contributed by atoms with van der Waals surface area (Å²) in [6, 6.07) is 16.6. The zero-order valence-corrected chi connectivity index (χ0v) is 14.4. The average Bonchev–Trinajstić information content (AvgIpc) is 2.44. The molecule has 0 aromatic heterocycles. The maximum absolute atomic E-state index is 5.69. The fraction of sp³-hybridized carbons (Fsp3) is 0.250. The van der Waals surface area contributed by atoms with E-state index in [1.165, 1.54) is 5.56 Å². The minimum absolute atomic E-state index is 0.314. The van der Waals surface area contributed by atoms with Gasteiger partial charge in [0.2, 0.25) is 0 Å². The van der Waals surface area contributed by atoms with Gasteiger partial charge in [0.1, 0.15) is 12.4 Å². The highest BCUT2D eigenvalue weighted by atomic mass is 79.9. The van der Waals surface area contributed by atoms with Crippen LogP contribution in [0.2, 0.25) is 0 Å². The molecule has 2 nitrogen and oxygen atoms in total.